The largest absolute Gasteiger partial charge is 0.324 e. The van der Waals surface area contributed by atoms with Gasteiger partial charge in [-0.3, -0.25) is 30.4 Å². The molecule has 13 heteroatoms. The minimum atomic E-state index is -0.643. The standard InChI is InChI=1S/C32H23Cl2N9O2/c1-19-7-8-20(15-26(19)39-32-37-14-11-24(38-32)21-5-4-12-35-18-21)30(44)40-41-31(45)27-17-29(25-6-2-3-13-36-25)43(42-27)28-10-9-22(33)16-23(28)34/h2-18H,1H3,(H,40,44)(H,41,45)(H,37,38,39). The third-order valence-corrected chi connectivity index (χ3v) is 7.19. The van der Waals surface area contributed by atoms with Gasteiger partial charge in [0.25, 0.3) is 11.8 Å². The van der Waals surface area contributed by atoms with Crippen molar-refractivity contribution in [3.05, 3.63) is 131 Å². The van der Waals surface area contributed by atoms with Gasteiger partial charge in [0.05, 0.1) is 27.8 Å². The summed E-state index contributed by atoms with van der Waals surface area (Å²) in [4.78, 5) is 43.6. The molecular formula is C32H23Cl2N9O2. The Morgan fingerprint density at radius 2 is 1.67 bits per heavy atom. The molecule has 0 saturated heterocycles. The zero-order valence-electron chi connectivity index (χ0n) is 23.6. The number of hydrogen-bond donors (Lipinski definition) is 3. The first-order chi connectivity index (χ1) is 21.9. The van der Waals surface area contributed by atoms with E-state index >= 15 is 0 Å². The van der Waals surface area contributed by atoms with Crippen LogP contribution in [0.25, 0.3) is 28.3 Å². The van der Waals surface area contributed by atoms with Gasteiger partial charge >= 0.3 is 0 Å². The van der Waals surface area contributed by atoms with Crippen LogP contribution in [-0.2, 0) is 0 Å². The topological polar surface area (TPSA) is 140 Å². The van der Waals surface area contributed by atoms with Crippen molar-refractivity contribution >= 4 is 46.7 Å². The van der Waals surface area contributed by atoms with Crippen LogP contribution < -0.4 is 16.2 Å². The summed E-state index contributed by atoms with van der Waals surface area (Å²) in [7, 11) is 0. The van der Waals surface area contributed by atoms with E-state index in [9.17, 15) is 9.59 Å². The molecule has 222 valence electrons. The second kappa shape index (κ2) is 12.9. The molecule has 0 bridgehead atoms. The summed E-state index contributed by atoms with van der Waals surface area (Å²) < 4.78 is 1.50. The summed E-state index contributed by atoms with van der Waals surface area (Å²) >= 11 is 12.5. The fourth-order valence-electron chi connectivity index (χ4n) is 4.39. The van der Waals surface area contributed by atoms with E-state index in [0.29, 0.717) is 50.0 Å². The van der Waals surface area contributed by atoms with Gasteiger partial charge in [0.2, 0.25) is 5.95 Å². The number of benzene rings is 2. The summed E-state index contributed by atoms with van der Waals surface area (Å²) in [5.41, 5.74) is 9.80. The Kier molecular flexibility index (Phi) is 8.45. The van der Waals surface area contributed by atoms with E-state index in [1.165, 1.54) is 4.68 Å². The van der Waals surface area contributed by atoms with Crippen molar-refractivity contribution in [2.45, 2.75) is 6.92 Å². The first kappa shape index (κ1) is 29.4. The molecule has 0 saturated carbocycles. The average molecular weight is 637 g/mol. The quantitative estimate of drug-likeness (QED) is 0.176. The summed E-state index contributed by atoms with van der Waals surface area (Å²) in [5, 5.41) is 8.42. The van der Waals surface area contributed by atoms with Crippen molar-refractivity contribution in [2.75, 3.05) is 5.32 Å². The van der Waals surface area contributed by atoms with Crippen LogP contribution in [0.1, 0.15) is 26.4 Å². The number of pyridine rings is 2. The van der Waals surface area contributed by atoms with Crippen molar-refractivity contribution in [2.24, 2.45) is 0 Å². The third kappa shape index (κ3) is 6.64. The lowest BCUT2D eigenvalue weighted by Gasteiger charge is -2.12. The minimum Gasteiger partial charge on any atom is -0.324 e. The van der Waals surface area contributed by atoms with E-state index in [0.717, 1.165) is 11.1 Å². The monoisotopic (exact) mass is 635 g/mol. The van der Waals surface area contributed by atoms with Crippen molar-refractivity contribution < 1.29 is 9.59 Å². The van der Waals surface area contributed by atoms with Crippen LogP contribution in [0.3, 0.4) is 0 Å². The fraction of sp³-hybridized carbons (Fsp3) is 0.0312. The maximum atomic E-state index is 13.1. The molecule has 0 spiro atoms. The zero-order chi connectivity index (χ0) is 31.3. The Hall–Kier alpha value is -5.65. The van der Waals surface area contributed by atoms with Gasteiger partial charge in [0.1, 0.15) is 0 Å². The maximum absolute atomic E-state index is 13.1. The van der Waals surface area contributed by atoms with Crippen LogP contribution in [0, 0.1) is 6.92 Å². The number of rotatable bonds is 7. The Balaban J connectivity index is 1.19. The van der Waals surface area contributed by atoms with Crippen molar-refractivity contribution in [3.8, 4) is 28.3 Å². The molecular weight excluding hydrogens is 613 g/mol. The summed E-state index contributed by atoms with van der Waals surface area (Å²) in [6.45, 7) is 1.89. The van der Waals surface area contributed by atoms with Crippen LogP contribution >= 0.6 is 23.2 Å². The first-order valence-electron chi connectivity index (χ1n) is 13.5. The van der Waals surface area contributed by atoms with Gasteiger partial charge in [-0.1, -0.05) is 35.3 Å². The highest BCUT2D eigenvalue weighted by molar-refractivity contribution is 6.35. The second-order valence-corrected chi connectivity index (χ2v) is 10.6. The molecule has 0 atom stereocenters. The summed E-state index contributed by atoms with van der Waals surface area (Å²) in [5.74, 6) is -0.831. The van der Waals surface area contributed by atoms with Gasteiger partial charge in [-0.25, -0.2) is 14.6 Å². The molecule has 0 unspecified atom stereocenters. The van der Waals surface area contributed by atoms with Gasteiger partial charge in [0, 0.05) is 46.6 Å². The second-order valence-electron chi connectivity index (χ2n) is 9.71. The van der Waals surface area contributed by atoms with E-state index in [2.05, 4.69) is 41.2 Å². The number of carbonyl (C=O) groups is 2. The molecule has 4 aromatic heterocycles. The number of aromatic nitrogens is 6. The maximum Gasteiger partial charge on any atom is 0.290 e. The molecule has 2 aromatic carbocycles. The number of hydrogen-bond acceptors (Lipinski definition) is 8. The third-order valence-electron chi connectivity index (χ3n) is 6.66. The summed E-state index contributed by atoms with van der Waals surface area (Å²) in [6, 6.07) is 22.5. The molecule has 45 heavy (non-hydrogen) atoms. The van der Waals surface area contributed by atoms with Crippen LogP contribution in [0.4, 0.5) is 11.6 Å². The number of aryl methyl sites for hydroxylation is 1. The van der Waals surface area contributed by atoms with Gasteiger partial charge in [-0.15, -0.1) is 0 Å². The molecule has 0 aliphatic rings. The molecule has 6 aromatic rings. The van der Waals surface area contributed by atoms with Gasteiger partial charge in [0.15, 0.2) is 5.69 Å². The van der Waals surface area contributed by atoms with E-state index in [4.69, 9.17) is 23.2 Å². The van der Waals surface area contributed by atoms with Crippen molar-refractivity contribution in [1.82, 2.24) is 40.6 Å². The number of nitrogens with zero attached hydrogens (tertiary/aromatic N) is 6. The molecule has 0 aliphatic carbocycles. The van der Waals surface area contributed by atoms with E-state index in [1.807, 2.05) is 25.1 Å². The van der Waals surface area contributed by atoms with Crippen LogP contribution in [0.2, 0.25) is 10.0 Å². The number of nitrogens with one attached hydrogen (secondary N) is 3. The Bertz CT molecular complexity index is 2020. The molecule has 3 N–H and O–H groups in total. The highest BCUT2D eigenvalue weighted by Gasteiger charge is 2.20. The Morgan fingerprint density at radius 3 is 2.44 bits per heavy atom. The molecule has 6 rings (SSSR count). The predicted molar refractivity (Wildman–Crippen MR) is 171 cm³/mol. The highest BCUT2D eigenvalue weighted by Crippen LogP contribution is 2.29. The van der Waals surface area contributed by atoms with Gasteiger partial charge in [-0.2, -0.15) is 5.10 Å². The highest BCUT2D eigenvalue weighted by atomic mass is 35.5. The lowest BCUT2D eigenvalue weighted by atomic mass is 10.1. The number of amides is 2. The molecule has 0 aliphatic heterocycles. The van der Waals surface area contributed by atoms with Crippen LogP contribution in [0.15, 0.2) is 104 Å². The SMILES string of the molecule is Cc1ccc(C(=O)NNC(=O)c2cc(-c3ccccn3)n(-c3ccc(Cl)cc3Cl)n2)cc1Nc1nccc(-c2cccnc2)n1. The Labute approximate surface area is 267 Å². The van der Waals surface area contributed by atoms with Gasteiger partial charge in [-0.05, 0) is 79.2 Å². The first-order valence-corrected chi connectivity index (χ1v) is 14.3. The van der Waals surface area contributed by atoms with Crippen LogP contribution in [-0.4, -0.2) is 41.5 Å². The lowest BCUT2D eigenvalue weighted by molar-refractivity contribution is 0.0843. The smallest absolute Gasteiger partial charge is 0.290 e. The molecule has 2 amide bonds. The fourth-order valence-corrected chi connectivity index (χ4v) is 4.88. The number of hydrazine groups is 1. The minimum absolute atomic E-state index is 0.0267. The predicted octanol–water partition coefficient (Wildman–Crippen LogP) is 6.22. The zero-order valence-corrected chi connectivity index (χ0v) is 25.1. The average Bonchev–Trinajstić information content (AvgIpc) is 3.51. The number of anilines is 2. The lowest BCUT2D eigenvalue weighted by Crippen LogP contribution is -2.41. The van der Waals surface area contributed by atoms with E-state index in [1.54, 1.807) is 85.5 Å². The number of halogens is 2. The number of carbonyl (C=O) groups excluding carboxylic acids is 2. The van der Waals surface area contributed by atoms with Gasteiger partial charge < -0.3 is 5.32 Å². The van der Waals surface area contributed by atoms with E-state index in [-0.39, 0.29) is 5.69 Å². The Morgan fingerprint density at radius 1 is 0.800 bits per heavy atom. The van der Waals surface area contributed by atoms with Crippen molar-refractivity contribution in [1.29, 1.82) is 0 Å². The molecule has 4 heterocycles. The van der Waals surface area contributed by atoms with Crippen molar-refractivity contribution in [3.63, 3.8) is 0 Å². The normalized spacial score (nSPS) is 10.7. The molecule has 11 nitrogen and oxygen atoms in total. The summed E-state index contributed by atoms with van der Waals surface area (Å²) in [6.07, 6.45) is 6.67. The molecule has 0 fully saturated rings. The van der Waals surface area contributed by atoms with E-state index < -0.39 is 11.8 Å². The molecule has 0 radical (unpaired) electrons. The van der Waals surface area contributed by atoms with Crippen LogP contribution in [0.5, 0.6) is 0 Å².